The fourth-order valence-corrected chi connectivity index (χ4v) is 2.78. The molecule has 0 aromatic rings. The molecule has 6 nitrogen and oxygen atoms in total. The summed E-state index contributed by atoms with van der Waals surface area (Å²) in [6.45, 7) is 15.7. The Bertz CT molecular complexity index is 383. The van der Waals surface area contributed by atoms with Gasteiger partial charge in [0.05, 0.1) is 6.10 Å². The molecule has 0 radical (unpaired) electrons. The van der Waals surface area contributed by atoms with E-state index in [-0.39, 0.29) is 36.0 Å². The van der Waals surface area contributed by atoms with Crippen molar-refractivity contribution in [1.82, 2.24) is 15.1 Å². The monoisotopic (exact) mass is 454 g/mol. The lowest BCUT2D eigenvalue weighted by Gasteiger charge is -2.36. The molecule has 1 aliphatic heterocycles. The molecule has 0 saturated carbocycles. The first-order valence-corrected chi connectivity index (χ1v) is 8.89. The number of hydrogen-bond acceptors (Lipinski definition) is 3. The molecule has 1 N–H and O–H groups in total. The summed E-state index contributed by atoms with van der Waals surface area (Å²) in [5.74, 6) is 1.62. The number of rotatable bonds is 7. The minimum atomic E-state index is 0. The van der Waals surface area contributed by atoms with Crippen molar-refractivity contribution in [3.63, 3.8) is 0 Å². The third kappa shape index (κ3) is 8.00. The van der Waals surface area contributed by atoms with Crippen LogP contribution in [-0.4, -0.2) is 73.6 Å². The number of ether oxygens (including phenoxy) is 1. The zero-order chi connectivity index (χ0) is 17.2. The van der Waals surface area contributed by atoms with Gasteiger partial charge < -0.3 is 19.9 Å². The third-order valence-electron chi connectivity index (χ3n) is 4.16. The van der Waals surface area contributed by atoms with Crippen LogP contribution in [0, 0.1) is 5.92 Å². The molecule has 24 heavy (non-hydrogen) atoms. The number of piperazine rings is 1. The van der Waals surface area contributed by atoms with Gasteiger partial charge in [-0.3, -0.25) is 9.79 Å². The van der Waals surface area contributed by atoms with Gasteiger partial charge in [0, 0.05) is 52.8 Å². The summed E-state index contributed by atoms with van der Waals surface area (Å²) in [5, 5.41) is 3.36. The average molecular weight is 454 g/mol. The highest BCUT2D eigenvalue weighted by atomic mass is 127. The minimum Gasteiger partial charge on any atom is -0.378 e. The highest BCUT2D eigenvalue weighted by Crippen LogP contribution is 2.11. The van der Waals surface area contributed by atoms with E-state index in [0.29, 0.717) is 5.92 Å². The van der Waals surface area contributed by atoms with Crippen LogP contribution in [0.15, 0.2) is 4.99 Å². The van der Waals surface area contributed by atoms with Crippen LogP contribution in [0.2, 0.25) is 0 Å². The van der Waals surface area contributed by atoms with Gasteiger partial charge in [-0.2, -0.15) is 0 Å². The SMILES string of the molecule is CCNC(=NCCC(OCC)C(C)C)N1CCN(C(C)=O)CC1.I. The smallest absolute Gasteiger partial charge is 0.219 e. The Morgan fingerprint density at radius 1 is 1.17 bits per heavy atom. The van der Waals surface area contributed by atoms with Crippen LogP contribution in [-0.2, 0) is 9.53 Å². The quantitative estimate of drug-likeness (QED) is 0.364. The van der Waals surface area contributed by atoms with E-state index in [1.807, 2.05) is 11.8 Å². The highest BCUT2D eigenvalue weighted by molar-refractivity contribution is 14.0. The standard InChI is InChI=1S/C17H34N4O2.HI/c1-6-18-17(19-9-8-16(14(3)4)23-7-2)21-12-10-20(11-13-21)15(5)22;/h14,16H,6-13H2,1-5H3,(H,18,19);1H. The molecular weight excluding hydrogens is 419 g/mol. The van der Waals surface area contributed by atoms with Gasteiger partial charge in [0.25, 0.3) is 0 Å². The number of carbonyl (C=O) groups excluding carboxylic acids is 1. The van der Waals surface area contributed by atoms with Crippen molar-refractivity contribution >= 4 is 35.8 Å². The predicted molar refractivity (Wildman–Crippen MR) is 110 cm³/mol. The molecule has 0 spiro atoms. The maximum atomic E-state index is 11.4. The van der Waals surface area contributed by atoms with Gasteiger partial charge in [0.15, 0.2) is 5.96 Å². The van der Waals surface area contributed by atoms with E-state index in [1.165, 1.54) is 0 Å². The Morgan fingerprint density at radius 3 is 2.21 bits per heavy atom. The first-order valence-electron chi connectivity index (χ1n) is 8.89. The molecule has 1 heterocycles. The van der Waals surface area contributed by atoms with Crippen molar-refractivity contribution in [2.45, 2.75) is 47.1 Å². The van der Waals surface area contributed by atoms with Gasteiger partial charge in [-0.15, -0.1) is 24.0 Å². The lowest BCUT2D eigenvalue weighted by Crippen LogP contribution is -2.53. The van der Waals surface area contributed by atoms with Gasteiger partial charge in [0.2, 0.25) is 5.91 Å². The van der Waals surface area contributed by atoms with E-state index < -0.39 is 0 Å². The van der Waals surface area contributed by atoms with Crippen LogP contribution in [0.5, 0.6) is 0 Å². The summed E-state index contributed by atoms with van der Waals surface area (Å²) in [6.07, 6.45) is 1.20. The number of carbonyl (C=O) groups is 1. The molecule has 1 aliphatic rings. The second kappa shape index (κ2) is 12.7. The van der Waals surface area contributed by atoms with Crippen molar-refractivity contribution in [2.24, 2.45) is 10.9 Å². The van der Waals surface area contributed by atoms with Crippen molar-refractivity contribution in [1.29, 1.82) is 0 Å². The van der Waals surface area contributed by atoms with Crippen LogP contribution < -0.4 is 5.32 Å². The van der Waals surface area contributed by atoms with Crippen molar-refractivity contribution in [2.75, 3.05) is 45.9 Å². The van der Waals surface area contributed by atoms with Gasteiger partial charge >= 0.3 is 0 Å². The number of halogens is 1. The predicted octanol–water partition coefficient (Wildman–Crippen LogP) is 2.19. The molecule has 0 bridgehead atoms. The lowest BCUT2D eigenvalue weighted by atomic mass is 10.0. The zero-order valence-electron chi connectivity index (χ0n) is 15.9. The van der Waals surface area contributed by atoms with E-state index in [4.69, 9.17) is 9.73 Å². The van der Waals surface area contributed by atoms with E-state index in [9.17, 15) is 4.79 Å². The molecule has 0 aromatic heterocycles. The van der Waals surface area contributed by atoms with E-state index in [0.717, 1.165) is 58.3 Å². The summed E-state index contributed by atoms with van der Waals surface area (Å²) in [7, 11) is 0. The molecular formula is C17H35IN4O2. The average Bonchev–Trinajstić information content (AvgIpc) is 2.53. The number of hydrogen-bond donors (Lipinski definition) is 1. The number of amides is 1. The van der Waals surface area contributed by atoms with Gasteiger partial charge in [0.1, 0.15) is 0 Å². The Kier molecular flexibility index (Phi) is 12.4. The fourth-order valence-electron chi connectivity index (χ4n) is 2.78. The summed E-state index contributed by atoms with van der Waals surface area (Å²) in [6, 6.07) is 0. The molecule has 1 unspecified atom stereocenters. The second-order valence-electron chi connectivity index (χ2n) is 6.26. The number of aliphatic imine (C=N–C) groups is 1. The maximum Gasteiger partial charge on any atom is 0.219 e. The summed E-state index contributed by atoms with van der Waals surface area (Å²) in [4.78, 5) is 20.3. The molecule has 0 aliphatic carbocycles. The topological polar surface area (TPSA) is 57.2 Å². The van der Waals surface area contributed by atoms with Crippen molar-refractivity contribution in [3.8, 4) is 0 Å². The Morgan fingerprint density at radius 2 is 1.75 bits per heavy atom. The number of nitrogens with zero attached hydrogens (tertiary/aromatic N) is 3. The Hall–Kier alpha value is -0.570. The largest absolute Gasteiger partial charge is 0.378 e. The van der Waals surface area contributed by atoms with Crippen molar-refractivity contribution in [3.05, 3.63) is 0 Å². The second-order valence-corrected chi connectivity index (χ2v) is 6.26. The van der Waals surface area contributed by atoms with E-state index >= 15 is 0 Å². The molecule has 1 saturated heterocycles. The Labute approximate surface area is 164 Å². The molecule has 1 atom stereocenters. The molecule has 7 heteroatoms. The zero-order valence-corrected chi connectivity index (χ0v) is 18.2. The van der Waals surface area contributed by atoms with E-state index in [1.54, 1.807) is 6.92 Å². The third-order valence-corrected chi connectivity index (χ3v) is 4.16. The van der Waals surface area contributed by atoms with Crippen LogP contribution in [0.3, 0.4) is 0 Å². The summed E-state index contributed by atoms with van der Waals surface area (Å²) < 4.78 is 5.78. The van der Waals surface area contributed by atoms with Gasteiger partial charge in [-0.25, -0.2) is 0 Å². The minimum absolute atomic E-state index is 0. The molecule has 1 amide bonds. The molecule has 1 rings (SSSR count). The first-order chi connectivity index (χ1) is 11.0. The first kappa shape index (κ1) is 23.4. The maximum absolute atomic E-state index is 11.4. The van der Waals surface area contributed by atoms with Crippen molar-refractivity contribution < 1.29 is 9.53 Å². The lowest BCUT2D eigenvalue weighted by molar-refractivity contribution is -0.130. The normalized spacial score (nSPS) is 16.8. The molecule has 142 valence electrons. The molecule has 1 fully saturated rings. The highest BCUT2D eigenvalue weighted by Gasteiger charge is 2.21. The summed E-state index contributed by atoms with van der Waals surface area (Å²) >= 11 is 0. The number of nitrogens with one attached hydrogen (secondary N) is 1. The van der Waals surface area contributed by atoms with Crippen LogP contribution >= 0.6 is 24.0 Å². The van der Waals surface area contributed by atoms with Crippen LogP contribution in [0.1, 0.15) is 41.0 Å². The van der Waals surface area contributed by atoms with E-state index in [2.05, 4.69) is 31.0 Å². The van der Waals surface area contributed by atoms with Crippen LogP contribution in [0.4, 0.5) is 0 Å². The van der Waals surface area contributed by atoms with Gasteiger partial charge in [-0.1, -0.05) is 13.8 Å². The fraction of sp³-hybridized carbons (Fsp3) is 0.882. The number of guanidine groups is 1. The Balaban J connectivity index is 0.00000529. The van der Waals surface area contributed by atoms with Crippen LogP contribution in [0.25, 0.3) is 0 Å². The molecule has 0 aromatic carbocycles. The van der Waals surface area contributed by atoms with Gasteiger partial charge in [-0.05, 0) is 26.2 Å². The summed E-state index contributed by atoms with van der Waals surface area (Å²) in [5.41, 5.74) is 0.